The maximum Gasteiger partial charge on any atom is 0.255 e. The lowest BCUT2D eigenvalue weighted by atomic mass is 9.95. The highest BCUT2D eigenvalue weighted by atomic mass is 16.2. The van der Waals surface area contributed by atoms with Gasteiger partial charge in [0.25, 0.3) is 5.91 Å². The maximum atomic E-state index is 12.6. The number of nitrogens with zero attached hydrogens (tertiary/aromatic N) is 5. The third-order valence-electron chi connectivity index (χ3n) is 4.99. The van der Waals surface area contributed by atoms with Crippen molar-refractivity contribution in [3.8, 4) is 0 Å². The van der Waals surface area contributed by atoms with Crippen LogP contribution < -0.4 is 5.73 Å². The first-order chi connectivity index (χ1) is 13.2. The molecule has 0 aliphatic carbocycles. The van der Waals surface area contributed by atoms with Gasteiger partial charge in [-0.05, 0) is 37.1 Å². The lowest BCUT2D eigenvalue weighted by Gasteiger charge is -2.32. The summed E-state index contributed by atoms with van der Waals surface area (Å²) >= 11 is 0. The predicted octanol–water partition coefficient (Wildman–Crippen LogP) is 2.32. The Morgan fingerprint density at radius 2 is 1.93 bits per heavy atom. The zero-order valence-electron chi connectivity index (χ0n) is 15.0. The molecule has 7 heteroatoms. The van der Waals surface area contributed by atoms with Crippen molar-refractivity contribution in [2.24, 2.45) is 0 Å². The van der Waals surface area contributed by atoms with E-state index in [4.69, 9.17) is 5.73 Å². The summed E-state index contributed by atoms with van der Waals surface area (Å²) in [6, 6.07) is 9.33. The van der Waals surface area contributed by atoms with Crippen LogP contribution in [0.3, 0.4) is 0 Å². The van der Waals surface area contributed by atoms with E-state index in [0.717, 1.165) is 24.4 Å². The summed E-state index contributed by atoms with van der Waals surface area (Å²) in [5.74, 6) is 1.85. The van der Waals surface area contributed by atoms with Crippen molar-refractivity contribution in [3.05, 3.63) is 72.2 Å². The molecule has 0 spiro atoms. The number of imidazole rings is 1. The predicted molar refractivity (Wildman–Crippen MR) is 102 cm³/mol. The fourth-order valence-electron chi connectivity index (χ4n) is 3.54. The van der Waals surface area contributed by atoms with Gasteiger partial charge in [0, 0.05) is 43.8 Å². The average molecular weight is 362 g/mol. The Hall–Kier alpha value is -3.22. The quantitative estimate of drug-likeness (QED) is 0.769. The van der Waals surface area contributed by atoms with E-state index in [2.05, 4.69) is 19.5 Å². The zero-order chi connectivity index (χ0) is 18.6. The van der Waals surface area contributed by atoms with Crippen molar-refractivity contribution in [2.45, 2.75) is 25.3 Å². The van der Waals surface area contributed by atoms with Gasteiger partial charge in [0.1, 0.15) is 11.6 Å². The lowest BCUT2D eigenvalue weighted by Crippen LogP contribution is -2.38. The van der Waals surface area contributed by atoms with Crippen molar-refractivity contribution >= 4 is 11.7 Å². The minimum atomic E-state index is 0.0118. The monoisotopic (exact) mass is 362 g/mol. The third kappa shape index (κ3) is 3.81. The van der Waals surface area contributed by atoms with Crippen molar-refractivity contribution < 1.29 is 4.79 Å². The van der Waals surface area contributed by atoms with Crippen LogP contribution in [-0.2, 0) is 6.54 Å². The van der Waals surface area contributed by atoms with Gasteiger partial charge >= 0.3 is 0 Å². The summed E-state index contributed by atoms with van der Waals surface area (Å²) in [6.45, 7) is 2.14. The maximum absolute atomic E-state index is 12.6. The van der Waals surface area contributed by atoms with Crippen molar-refractivity contribution in [2.75, 3.05) is 18.8 Å². The van der Waals surface area contributed by atoms with E-state index in [-0.39, 0.29) is 5.91 Å². The second-order valence-corrected chi connectivity index (χ2v) is 6.77. The summed E-state index contributed by atoms with van der Waals surface area (Å²) in [7, 11) is 0. The van der Waals surface area contributed by atoms with Gasteiger partial charge in [0.2, 0.25) is 0 Å². The van der Waals surface area contributed by atoms with E-state index in [9.17, 15) is 4.79 Å². The fourth-order valence-corrected chi connectivity index (χ4v) is 3.54. The molecule has 0 atom stereocenters. The molecule has 0 unspecified atom stereocenters. The highest BCUT2D eigenvalue weighted by Crippen LogP contribution is 2.28. The van der Waals surface area contributed by atoms with Crippen LogP contribution in [0, 0.1) is 0 Å². The molecule has 4 rings (SSSR count). The van der Waals surface area contributed by atoms with Gasteiger partial charge in [-0.15, -0.1) is 0 Å². The molecule has 3 aromatic rings. The van der Waals surface area contributed by atoms with E-state index < -0.39 is 0 Å². The Kier molecular flexibility index (Phi) is 4.82. The fraction of sp³-hybridized carbons (Fsp3) is 0.300. The number of carbonyl (C=O) groups is 1. The first-order valence-corrected chi connectivity index (χ1v) is 9.12. The average Bonchev–Trinajstić information content (AvgIpc) is 3.17. The third-order valence-corrected chi connectivity index (χ3v) is 4.99. The SMILES string of the molecule is Nc1ccc(C(=O)N2CCC(c3nccn3Cc3ccccn3)CC2)cn1. The first-order valence-electron chi connectivity index (χ1n) is 9.12. The van der Waals surface area contributed by atoms with E-state index in [1.165, 1.54) is 0 Å². The zero-order valence-corrected chi connectivity index (χ0v) is 15.0. The molecule has 1 aliphatic rings. The molecular weight excluding hydrogens is 340 g/mol. The molecular formula is C20H22N6O. The van der Waals surface area contributed by atoms with Gasteiger partial charge < -0.3 is 15.2 Å². The van der Waals surface area contributed by atoms with E-state index in [0.29, 0.717) is 36.9 Å². The number of nitrogens with two attached hydrogens (primary N) is 1. The topological polar surface area (TPSA) is 89.9 Å². The van der Waals surface area contributed by atoms with Crippen LogP contribution in [0.2, 0.25) is 0 Å². The van der Waals surface area contributed by atoms with E-state index in [1.807, 2.05) is 41.7 Å². The molecule has 1 fully saturated rings. The molecule has 3 aromatic heterocycles. The Morgan fingerprint density at radius 3 is 2.63 bits per heavy atom. The van der Waals surface area contributed by atoms with E-state index >= 15 is 0 Å². The van der Waals surface area contributed by atoms with Crippen molar-refractivity contribution in [1.29, 1.82) is 0 Å². The molecule has 138 valence electrons. The number of nitrogen functional groups attached to an aromatic ring is 1. The number of rotatable bonds is 4. The number of likely N-dealkylation sites (tertiary alicyclic amines) is 1. The molecule has 0 radical (unpaired) electrons. The molecule has 1 amide bonds. The highest BCUT2D eigenvalue weighted by Gasteiger charge is 2.27. The van der Waals surface area contributed by atoms with Crippen molar-refractivity contribution in [1.82, 2.24) is 24.4 Å². The second-order valence-electron chi connectivity index (χ2n) is 6.77. The second kappa shape index (κ2) is 7.57. The molecule has 0 bridgehead atoms. The van der Waals surface area contributed by atoms with E-state index in [1.54, 1.807) is 18.3 Å². The van der Waals surface area contributed by atoms with Gasteiger partial charge in [-0.3, -0.25) is 9.78 Å². The van der Waals surface area contributed by atoms with Gasteiger partial charge in [0.05, 0.1) is 17.8 Å². The normalized spacial score (nSPS) is 15.0. The van der Waals surface area contributed by atoms with Gasteiger partial charge in [-0.25, -0.2) is 9.97 Å². The molecule has 2 N–H and O–H groups in total. The number of aromatic nitrogens is 4. The number of anilines is 1. The number of piperidine rings is 1. The summed E-state index contributed by atoms with van der Waals surface area (Å²) in [4.78, 5) is 27.5. The molecule has 4 heterocycles. The largest absolute Gasteiger partial charge is 0.384 e. The smallest absolute Gasteiger partial charge is 0.255 e. The number of carbonyl (C=O) groups excluding carboxylic acids is 1. The molecule has 0 saturated carbocycles. The Balaban J connectivity index is 1.40. The summed E-state index contributed by atoms with van der Waals surface area (Å²) < 4.78 is 2.16. The summed E-state index contributed by atoms with van der Waals surface area (Å²) in [5.41, 5.74) is 7.19. The number of hydrogen-bond donors (Lipinski definition) is 1. The van der Waals surface area contributed by atoms with Gasteiger partial charge in [-0.1, -0.05) is 6.07 Å². The summed E-state index contributed by atoms with van der Waals surface area (Å²) in [6.07, 6.45) is 8.99. The molecule has 7 nitrogen and oxygen atoms in total. The van der Waals surface area contributed by atoms with Crippen LogP contribution in [0.15, 0.2) is 55.1 Å². The Labute approximate surface area is 157 Å². The lowest BCUT2D eigenvalue weighted by molar-refractivity contribution is 0.0710. The Bertz CT molecular complexity index is 898. The number of hydrogen-bond acceptors (Lipinski definition) is 5. The molecule has 1 saturated heterocycles. The minimum Gasteiger partial charge on any atom is -0.384 e. The van der Waals surface area contributed by atoms with Gasteiger partial charge in [-0.2, -0.15) is 0 Å². The van der Waals surface area contributed by atoms with Crippen LogP contribution >= 0.6 is 0 Å². The molecule has 1 aliphatic heterocycles. The van der Waals surface area contributed by atoms with Crippen LogP contribution in [-0.4, -0.2) is 43.4 Å². The Morgan fingerprint density at radius 1 is 1.07 bits per heavy atom. The molecule has 27 heavy (non-hydrogen) atoms. The van der Waals surface area contributed by atoms with Crippen molar-refractivity contribution in [3.63, 3.8) is 0 Å². The van der Waals surface area contributed by atoms with Crippen LogP contribution in [0.25, 0.3) is 0 Å². The first kappa shape index (κ1) is 17.2. The molecule has 0 aromatic carbocycles. The van der Waals surface area contributed by atoms with Crippen LogP contribution in [0.4, 0.5) is 5.82 Å². The van der Waals surface area contributed by atoms with Crippen LogP contribution in [0.5, 0.6) is 0 Å². The van der Waals surface area contributed by atoms with Gasteiger partial charge in [0.15, 0.2) is 0 Å². The van der Waals surface area contributed by atoms with Crippen LogP contribution in [0.1, 0.15) is 40.6 Å². The summed E-state index contributed by atoms with van der Waals surface area (Å²) in [5, 5.41) is 0. The number of pyridine rings is 2. The minimum absolute atomic E-state index is 0.0118. The number of amides is 1. The highest BCUT2D eigenvalue weighted by molar-refractivity contribution is 5.94. The standard InChI is InChI=1S/C20H22N6O/c21-18-5-4-16(13-24-18)20(27)25-10-6-15(7-11-25)19-23-9-12-26(19)14-17-3-1-2-8-22-17/h1-5,8-9,12-13,15H,6-7,10-11,14H2,(H2,21,24).